The first kappa shape index (κ1) is 41.3. The standard InChI is InChI=1S/C41H50N6O9S2/c1-23(2)54-40(53)45-38-43-30(22-58-38)29-19-32(27-15-11-17-33(57-3)34(27)42-29)55-26-18-31-35(48)46-41(37(50)51)20-24(41)12-7-5-4-6-8-16-28(36(49)47(31)21-26)44-39(52)56-25-13-9-10-14-25/h7,11-12,15,17,19,22-26,28,31H,4-6,8-10,13-14,16,18,20-21H2,1-3H3,(H,44,52)(H,46,48)(H,50,51)(H,43,45,53)/b12-7-/t24-,26+,28-,31-,41+/m0/s1. The molecule has 58 heavy (non-hydrogen) atoms. The summed E-state index contributed by atoms with van der Waals surface area (Å²) < 4.78 is 17.6. The Kier molecular flexibility index (Phi) is 12.8. The highest BCUT2D eigenvalue weighted by molar-refractivity contribution is 7.98. The van der Waals surface area contributed by atoms with E-state index in [2.05, 4.69) is 20.9 Å². The number of thiazole rings is 1. The molecule has 4 heterocycles. The third kappa shape index (κ3) is 9.35. The third-order valence-corrected chi connectivity index (χ3v) is 12.6. The highest BCUT2D eigenvalue weighted by atomic mass is 32.2. The number of para-hydroxylation sites is 1. The van der Waals surface area contributed by atoms with Gasteiger partial charge in [-0.25, -0.2) is 24.4 Å². The number of nitrogens with one attached hydrogen (secondary N) is 3. The fraction of sp³-hybridized carbons (Fsp3) is 0.537. The number of hydrogen-bond donors (Lipinski definition) is 4. The predicted molar refractivity (Wildman–Crippen MR) is 219 cm³/mol. The zero-order chi connectivity index (χ0) is 41.0. The van der Waals surface area contributed by atoms with Gasteiger partial charge in [-0.2, -0.15) is 0 Å². The van der Waals surface area contributed by atoms with Gasteiger partial charge in [-0.1, -0.05) is 31.1 Å². The van der Waals surface area contributed by atoms with Gasteiger partial charge in [-0.05, 0) is 83.6 Å². The van der Waals surface area contributed by atoms with E-state index in [0.29, 0.717) is 46.0 Å². The van der Waals surface area contributed by atoms with E-state index in [-0.39, 0.29) is 37.5 Å². The van der Waals surface area contributed by atoms with Crippen LogP contribution in [-0.4, -0.2) is 98.7 Å². The molecular formula is C41H50N6O9S2. The van der Waals surface area contributed by atoms with Crippen molar-refractivity contribution in [2.45, 2.75) is 125 Å². The van der Waals surface area contributed by atoms with Gasteiger partial charge in [0.15, 0.2) is 5.13 Å². The lowest BCUT2D eigenvalue weighted by atomic mass is 10.0. The van der Waals surface area contributed by atoms with E-state index in [1.807, 2.05) is 36.6 Å². The zero-order valence-electron chi connectivity index (χ0n) is 32.9. The molecule has 0 bridgehead atoms. The van der Waals surface area contributed by atoms with Crippen molar-refractivity contribution < 1.29 is 43.3 Å². The second-order valence-electron chi connectivity index (χ2n) is 15.6. The molecule has 5 atom stereocenters. The van der Waals surface area contributed by atoms with Crippen molar-refractivity contribution in [1.29, 1.82) is 0 Å². The van der Waals surface area contributed by atoms with Crippen LogP contribution in [0.5, 0.6) is 5.75 Å². The van der Waals surface area contributed by atoms with Crippen LogP contribution in [0.25, 0.3) is 22.3 Å². The zero-order valence-corrected chi connectivity index (χ0v) is 34.5. The molecule has 2 aliphatic heterocycles. The molecule has 0 unspecified atom stereocenters. The highest BCUT2D eigenvalue weighted by Gasteiger charge is 2.61. The molecule has 15 nitrogen and oxygen atoms in total. The minimum Gasteiger partial charge on any atom is -0.488 e. The molecule has 1 aromatic carbocycles. The largest absolute Gasteiger partial charge is 0.488 e. The molecule has 4 N–H and O–H groups in total. The van der Waals surface area contributed by atoms with Crippen LogP contribution in [0.2, 0.25) is 0 Å². The normalized spacial score (nSPS) is 25.8. The number of fused-ring (bicyclic) bond motifs is 3. The summed E-state index contributed by atoms with van der Waals surface area (Å²) in [6, 6.07) is 5.44. The summed E-state index contributed by atoms with van der Waals surface area (Å²) in [7, 11) is 0. The van der Waals surface area contributed by atoms with Crippen LogP contribution in [0, 0.1) is 5.92 Å². The molecule has 4 amide bonds. The quantitative estimate of drug-likeness (QED) is 0.129. The van der Waals surface area contributed by atoms with E-state index < -0.39 is 53.7 Å². The Labute approximate surface area is 345 Å². The first-order valence-electron chi connectivity index (χ1n) is 20.0. The summed E-state index contributed by atoms with van der Waals surface area (Å²) in [5.74, 6) is -2.10. The van der Waals surface area contributed by atoms with E-state index in [0.717, 1.165) is 49.8 Å². The van der Waals surface area contributed by atoms with Gasteiger partial charge < -0.3 is 34.9 Å². The number of aliphatic carboxylic acids is 1. The Morgan fingerprint density at radius 2 is 1.83 bits per heavy atom. The molecule has 4 aliphatic rings. The number of anilines is 1. The van der Waals surface area contributed by atoms with E-state index in [4.69, 9.17) is 19.2 Å². The monoisotopic (exact) mass is 834 g/mol. The molecule has 2 aromatic heterocycles. The molecule has 0 spiro atoms. The first-order valence-corrected chi connectivity index (χ1v) is 22.1. The summed E-state index contributed by atoms with van der Waals surface area (Å²) in [6.07, 6.45) is 10.5. The Hall–Kier alpha value is -4.90. The first-order chi connectivity index (χ1) is 27.9. The number of rotatable bonds is 9. The van der Waals surface area contributed by atoms with Gasteiger partial charge in [-0.3, -0.25) is 14.9 Å². The lowest BCUT2D eigenvalue weighted by Gasteiger charge is -2.29. The molecule has 3 aromatic rings. The van der Waals surface area contributed by atoms with Gasteiger partial charge in [0.2, 0.25) is 11.8 Å². The Balaban J connectivity index is 1.19. The fourth-order valence-corrected chi connectivity index (χ4v) is 9.28. The minimum absolute atomic E-state index is 0.000273. The average Bonchev–Trinajstić information content (AvgIpc) is 3.61. The van der Waals surface area contributed by atoms with Crippen LogP contribution in [-0.2, 0) is 23.9 Å². The molecular weight excluding hydrogens is 785 g/mol. The van der Waals surface area contributed by atoms with Crippen molar-refractivity contribution in [3.05, 3.63) is 41.8 Å². The van der Waals surface area contributed by atoms with E-state index in [9.17, 15) is 29.1 Å². The topological polar surface area (TPSA) is 198 Å². The summed E-state index contributed by atoms with van der Waals surface area (Å²) in [5, 5.41) is 21.4. The number of aromatic nitrogens is 2. The van der Waals surface area contributed by atoms with Crippen LogP contribution >= 0.6 is 23.1 Å². The van der Waals surface area contributed by atoms with Gasteiger partial charge in [0, 0.05) is 34.1 Å². The maximum atomic E-state index is 14.6. The number of alkyl carbamates (subject to hydrolysis) is 1. The SMILES string of the molecule is CSc1cccc2c(O[C@@H]3C[C@H]4C(=O)N[C@]5(C(=O)O)C[C@@H]5/C=C\CCCCC[C@H](NC(=O)OC5CCCC5)C(=O)N4C3)cc(-c3csc(NC(=O)OC(C)C)n3)nc12. The number of nitrogens with zero attached hydrogens (tertiary/aromatic N) is 3. The number of carbonyl (C=O) groups excluding carboxylic acids is 4. The van der Waals surface area contributed by atoms with Crippen LogP contribution in [0.1, 0.15) is 84.5 Å². The number of hydrogen-bond acceptors (Lipinski definition) is 12. The lowest BCUT2D eigenvalue weighted by molar-refractivity contribution is -0.145. The summed E-state index contributed by atoms with van der Waals surface area (Å²) in [5.41, 5.74) is 0.161. The molecule has 2 saturated carbocycles. The van der Waals surface area contributed by atoms with E-state index >= 15 is 0 Å². The molecule has 1 saturated heterocycles. The van der Waals surface area contributed by atoms with Crippen molar-refractivity contribution >= 4 is 69.1 Å². The maximum Gasteiger partial charge on any atom is 0.413 e. The number of benzene rings is 1. The van der Waals surface area contributed by atoms with Gasteiger partial charge in [0.25, 0.3) is 0 Å². The van der Waals surface area contributed by atoms with Crippen LogP contribution in [0.4, 0.5) is 14.7 Å². The molecule has 3 fully saturated rings. The third-order valence-electron chi connectivity index (χ3n) is 11.1. The molecule has 310 valence electrons. The molecule has 7 rings (SSSR count). The number of thioether (sulfide) groups is 1. The molecule has 17 heteroatoms. The molecule has 2 aliphatic carbocycles. The highest BCUT2D eigenvalue weighted by Crippen LogP contribution is 2.46. The summed E-state index contributed by atoms with van der Waals surface area (Å²) in [4.78, 5) is 78.7. The van der Waals surface area contributed by atoms with Crippen molar-refractivity contribution in [3.8, 4) is 17.1 Å². The van der Waals surface area contributed by atoms with Gasteiger partial charge >= 0.3 is 18.2 Å². The second-order valence-corrected chi connectivity index (χ2v) is 17.3. The number of pyridine rings is 1. The van der Waals surface area contributed by atoms with Crippen LogP contribution < -0.4 is 20.7 Å². The van der Waals surface area contributed by atoms with Crippen LogP contribution in [0.3, 0.4) is 0 Å². The van der Waals surface area contributed by atoms with Crippen molar-refractivity contribution in [1.82, 2.24) is 25.5 Å². The van der Waals surface area contributed by atoms with Crippen LogP contribution in [0.15, 0.2) is 46.7 Å². The van der Waals surface area contributed by atoms with Crippen molar-refractivity contribution in [3.63, 3.8) is 0 Å². The minimum atomic E-state index is -1.47. The van der Waals surface area contributed by atoms with Crippen molar-refractivity contribution in [2.24, 2.45) is 5.92 Å². The smallest absolute Gasteiger partial charge is 0.413 e. The van der Waals surface area contributed by atoms with E-state index in [1.165, 1.54) is 28.0 Å². The van der Waals surface area contributed by atoms with E-state index in [1.54, 1.807) is 25.3 Å². The number of allylic oxidation sites excluding steroid dienone is 1. The summed E-state index contributed by atoms with van der Waals surface area (Å²) >= 11 is 2.73. The maximum absolute atomic E-state index is 14.6. The van der Waals surface area contributed by atoms with Crippen molar-refractivity contribution in [2.75, 3.05) is 18.1 Å². The predicted octanol–water partition coefficient (Wildman–Crippen LogP) is 6.90. The number of carboxylic acids is 1. The van der Waals surface area contributed by atoms with Gasteiger partial charge in [0.05, 0.1) is 23.9 Å². The number of carboxylic acid groups (broad SMARTS) is 1. The number of carbonyl (C=O) groups is 5. The Bertz CT molecular complexity index is 2070. The summed E-state index contributed by atoms with van der Waals surface area (Å²) in [6.45, 7) is 3.51. The second kappa shape index (κ2) is 17.9. The van der Waals surface area contributed by atoms with Gasteiger partial charge in [-0.15, -0.1) is 23.1 Å². The number of amides is 4. The number of ether oxygens (including phenoxy) is 3. The van der Waals surface area contributed by atoms with Gasteiger partial charge in [0.1, 0.15) is 41.3 Å². The Morgan fingerprint density at radius 3 is 2.59 bits per heavy atom. The fourth-order valence-electron chi connectivity index (χ4n) is 8.02. The average molecular weight is 835 g/mol. The Morgan fingerprint density at radius 1 is 1.03 bits per heavy atom. The molecule has 0 radical (unpaired) electrons. The lowest BCUT2D eigenvalue weighted by Crippen LogP contribution is -2.56.